The molecule has 2 N–H and O–H groups in total. The number of anilines is 1. The van der Waals surface area contributed by atoms with Gasteiger partial charge in [0.05, 0.1) is 19.3 Å². The van der Waals surface area contributed by atoms with Crippen molar-refractivity contribution in [2.24, 2.45) is 0 Å². The minimum Gasteiger partial charge on any atom is -0.495 e. The maximum atomic E-state index is 12.5. The molecule has 0 aliphatic carbocycles. The highest BCUT2D eigenvalue weighted by Gasteiger charge is 2.15. The molecule has 0 spiro atoms. The molecule has 1 aromatic heterocycles. The summed E-state index contributed by atoms with van der Waals surface area (Å²) in [6.45, 7) is 2.10. The maximum Gasteiger partial charge on any atom is 0.238 e. The largest absolute Gasteiger partial charge is 0.495 e. The van der Waals surface area contributed by atoms with Crippen molar-refractivity contribution in [3.8, 4) is 5.75 Å². The Morgan fingerprint density at radius 3 is 2.62 bits per heavy atom. The zero-order valence-corrected chi connectivity index (χ0v) is 16.9. The third kappa shape index (κ3) is 3.92. The highest BCUT2D eigenvalue weighted by Crippen LogP contribution is 2.36. The van der Waals surface area contributed by atoms with Crippen molar-refractivity contribution >= 4 is 45.1 Å². The lowest BCUT2D eigenvalue weighted by molar-refractivity contribution is -0.115. The lowest BCUT2D eigenvalue weighted by Gasteiger charge is -2.16. The number of furan rings is 1. The Kier molecular flexibility index (Phi) is 5.43. The first kappa shape index (κ1) is 19.3. The molecule has 1 heterocycles. The van der Waals surface area contributed by atoms with Crippen LogP contribution in [0.25, 0.3) is 21.9 Å². The summed E-state index contributed by atoms with van der Waals surface area (Å²) in [6, 6.07) is 19.0. The number of methoxy groups -OCH3 is 1. The summed E-state index contributed by atoms with van der Waals surface area (Å²) in [5.74, 6) is 0.397. The summed E-state index contributed by atoms with van der Waals surface area (Å²) >= 11 is 6.23. The monoisotopic (exact) mass is 408 g/mol. The molecule has 29 heavy (non-hydrogen) atoms. The van der Waals surface area contributed by atoms with E-state index in [2.05, 4.69) is 10.6 Å². The van der Waals surface area contributed by atoms with Gasteiger partial charge in [0.25, 0.3) is 0 Å². The van der Waals surface area contributed by atoms with Crippen LogP contribution in [0.2, 0.25) is 5.02 Å². The van der Waals surface area contributed by atoms with Gasteiger partial charge in [-0.15, -0.1) is 0 Å². The summed E-state index contributed by atoms with van der Waals surface area (Å²) in [6.07, 6.45) is 0. The third-order valence-corrected chi connectivity index (χ3v) is 5.26. The molecule has 0 unspecified atom stereocenters. The van der Waals surface area contributed by atoms with Gasteiger partial charge in [0.15, 0.2) is 0 Å². The Bertz CT molecular complexity index is 1190. The molecule has 0 saturated carbocycles. The molecular formula is C23H21ClN2O3. The Morgan fingerprint density at radius 1 is 1.07 bits per heavy atom. The van der Waals surface area contributed by atoms with E-state index in [-0.39, 0.29) is 18.5 Å². The molecular weight excluding hydrogens is 388 g/mol. The topological polar surface area (TPSA) is 63.5 Å². The van der Waals surface area contributed by atoms with Crippen molar-refractivity contribution in [1.82, 2.24) is 5.32 Å². The molecule has 1 atom stereocenters. The van der Waals surface area contributed by atoms with Crippen LogP contribution in [0.3, 0.4) is 0 Å². The number of benzene rings is 3. The number of amides is 1. The van der Waals surface area contributed by atoms with Crippen LogP contribution in [0, 0.1) is 0 Å². The highest BCUT2D eigenvalue weighted by atomic mass is 35.5. The molecule has 6 heteroatoms. The minimum absolute atomic E-state index is 0.0609. The molecule has 0 fully saturated rings. The lowest BCUT2D eigenvalue weighted by atomic mass is 10.1. The molecule has 0 bridgehead atoms. The van der Waals surface area contributed by atoms with Crippen LogP contribution in [-0.2, 0) is 4.79 Å². The lowest BCUT2D eigenvalue weighted by Crippen LogP contribution is -2.30. The number of nitrogens with one attached hydrogen (secondary N) is 2. The van der Waals surface area contributed by atoms with E-state index >= 15 is 0 Å². The molecule has 1 amide bonds. The van der Waals surface area contributed by atoms with E-state index in [9.17, 15) is 4.79 Å². The van der Waals surface area contributed by atoms with Gasteiger partial charge < -0.3 is 19.8 Å². The fraction of sp³-hybridized carbons (Fsp3) is 0.174. The van der Waals surface area contributed by atoms with Gasteiger partial charge in [-0.25, -0.2) is 0 Å². The number of para-hydroxylation sites is 1. The van der Waals surface area contributed by atoms with Crippen LogP contribution >= 0.6 is 11.6 Å². The summed E-state index contributed by atoms with van der Waals surface area (Å²) < 4.78 is 11.4. The molecule has 0 radical (unpaired) electrons. The van der Waals surface area contributed by atoms with E-state index in [1.807, 2.05) is 61.5 Å². The van der Waals surface area contributed by atoms with Crippen molar-refractivity contribution in [1.29, 1.82) is 0 Å². The summed E-state index contributed by atoms with van der Waals surface area (Å²) in [5.41, 5.74) is 3.00. The van der Waals surface area contributed by atoms with Gasteiger partial charge in [-0.1, -0.05) is 48.0 Å². The van der Waals surface area contributed by atoms with Gasteiger partial charge in [-0.2, -0.15) is 0 Å². The van der Waals surface area contributed by atoms with E-state index < -0.39 is 0 Å². The second-order valence-electron chi connectivity index (χ2n) is 6.82. The number of rotatable bonds is 6. The van der Waals surface area contributed by atoms with Crippen LogP contribution in [-0.4, -0.2) is 19.6 Å². The number of hydrogen-bond donors (Lipinski definition) is 2. The SMILES string of the molecule is COc1cc2c(cc1NC(=O)CN[C@H](C)c1ccccc1Cl)oc1ccccc12. The van der Waals surface area contributed by atoms with Crippen LogP contribution in [0.5, 0.6) is 5.75 Å². The van der Waals surface area contributed by atoms with Gasteiger partial charge in [-0.05, 0) is 30.7 Å². The summed E-state index contributed by atoms with van der Waals surface area (Å²) in [7, 11) is 1.58. The van der Waals surface area contributed by atoms with Crippen LogP contribution in [0.1, 0.15) is 18.5 Å². The molecule has 0 saturated heterocycles. The third-order valence-electron chi connectivity index (χ3n) is 4.91. The summed E-state index contributed by atoms with van der Waals surface area (Å²) in [5, 5.41) is 8.72. The second kappa shape index (κ2) is 8.15. The van der Waals surface area contributed by atoms with Gasteiger partial charge in [0.2, 0.25) is 5.91 Å². The zero-order chi connectivity index (χ0) is 20.4. The molecule has 3 aromatic carbocycles. The Hall–Kier alpha value is -3.02. The number of halogens is 1. The van der Waals surface area contributed by atoms with Crippen molar-refractivity contribution in [3.63, 3.8) is 0 Å². The molecule has 148 valence electrons. The highest BCUT2D eigenvalue weighted by molar-refractivity contribution is 6.31. The van der Waals surface area contributed by atoms with Crippen LogP contribution in [0.4, 0.5) is 5.69 Å². The first-order valence-corrected chi connectivity index (χ1v) is 9.71. The second-order valence-corrected chi connectivity index (χ2v) is 7.23. The first-order valence-electron chi connectivity index (χ1n) is 9.33. The number of fused-ring (bicyclic) bond motifs is 3. The molecule has 4 rings (SSSR count). The van der Waals surface area contributed by atoms with E-state index in [4.69, 9.17) is 20.8 Å². The minimum atomic E-state index is -0.183. The smallest absolute Gasteiger partial charge is 0.238 e. The Labute approximate surface area is 173 Å². The Morgan fingerprint density at radius 2 is 1.83 bits per heavy atom. The molecule has 0 aliphatic rings. The van der Waals surface area contributed by atoms with Crippen molar-refractivity contribution < 1.29 is 13.9 Å². The maximum absolute atomic E-state index is 12.5. The fourth-order valence-corrected chi connectivity index (χ4v) is 3.69. The van der Waals surface area contributed by atoms with E-state index in [1.54, 1.807) is 13.2 Å². The van der Waals surface area contributed by atoms with Crippen molar-refractivity contribution in [2.45, 2.75) is 13.0 Å². The summed E-state index contributed by atoms with van der Waals surface area (Å²) in [4.78, 5) is 12.5. The average Bonchev–Trinajstić information content (AvgIpc) is 3.09. The van der Waals surface area contributed by atoms with Crippen LogP contribution in [0.15, 0.2) is 65.1 Å². The number of carbonyl (C=O) groups excluding carboxylic acids is 1. The zero-order valence-electron chi connectivity index (χ0n) is 16.2. The van der Waals surface area contributed by atoms with Crippen molar-refractivity contribution in [2.75, 3.05) is 19.0 Å². The quantitative estimate of drug-likeness (QED) is 0.440. The van der Waals surface area contributed by atoms with Gasteiger partial charge >= 0.3 is 0 Å². The fourth-order valence-electron chi connectivity index (χ4n) is 3.39. The van der Waals surface area contributed by atoms with Gasteiger partial charge in [0.1, 0.15) is 16.9 Å². The number of carbonyl (C=O) groups is 1. The molecule has 4 aromatic rings. The van der Waals surface area contributed by atoms with E-state index in [0.717, 1.165) is 21.9 Å². The number of hydrogen-bond acceptors (Lipinski definition) is 4. The standard InChI is InChI=1S/C23H21ClN2O3/c1-14(15-7-3-5-9-18(15)24)25-13-23(27)26-19-12-21-17(11-22(19)28-2)16-8-4-6-10-20(16)29-21/h3-12,14,25H,13H2,1-2H3,(H,26,27)/t14-/m1/s1. The Balaban J connectivity index is 1.51. The first-order chi connectivity index (χ1) is 14.1. The van der Waals surface area contributed by atoms with Gasteiger partial charge in [0, 0.05) is 27.9 Å². The normalized spacial score (nSPS) is 12.2. The molecule has 5 nitrogen and oxygen atoms in total. The van der Waals surface area contributed by atoms with E-state index in [1.165, 1.54) is 0 Å². The number of ether oxygens (including phenoxy) is 1. The average molecular weight is 409 g/mol. The predicted octanol–water partition coefficient (Wildman–Crippen LogP) is 5.54. The van der Waals surface area contributed by atoms with E-state index in [0.29, 0.717) is 22.0 Å². The van der Waals surface area contributed by atoms with Crippen LogP contribution < -0.4 is 15.4 Å². The molecule has 0 aliphatic heterocycles. The van der Waals surface area contributed by atoms with Gasteiger partial charge in [-0.3, -0.25) is 4.79 Å². The van der Waals surface area contributed by atoms with Crippen molar-refractivity contribution in [3.05, 3.63) is 71.2 Å². The predicted molar refractivity (Wildman–Crippen MR) is 117 cm³/mol.